The molecule has 4 heteroatoms. The molecule has 0 bridgehead atoms. The van der Waals surface area contributed by atoms with Crippen LogP contribution in [-0.2, 0) is 30.2 Å². The van der Waals surface area contributed by atoms with Crippen LogP contribution in [0, 0.1) is 0 Å². The highest BCUT2D eigenvalue weighted by Crippen LogP contribution is 2.37. The molecule has 0 saturated carbocycles. The van der Waals surface area contributed by atoms with E-state index in [1.54, 1.807) is 0 Å². The minimum atomic E-state index is -2.69. The molecule has 154 valence electrons. The molecule has 0 amide bonds. The summed E-state index contributed by atoms with van der Waals surface area (Å²) in [6.07, 6.45) is 8.08. The molecule has 0 aliphatic rings. The van der Waals surface area contributed by atoms with Gasteiger partial charge in [-0.05, 0) is 60.1 Å². The van der Waals surface area contributed by atoms with Gasteiger partial charge in [0.2, 0.25) is 0 Å². The van der Waals surface area contributed by atoms with Gasteiger partial charge in [-0.3, -0.25) is 0 Å². The van der Waals surface area contributed by atoms with Gasteiger partial charge in [0.15, 0.2) is 0 Å². The Labute approximate surface area is 171 Å². The van der Waals surface area contributed by atoms with E-state index in [0.717, 1.165) is 51.4 Å². The Hall–Kier alpha value is -1.73. The maximum Gasteiger partial charge on any atom is 0.418 e. The van der Waals surface area contributed by atoms with Crippen LogP contribution in [0.1, 0.15) is 75.6 Å². The van der Waals surface area contributed by atoms with Crippen molar-refractivity contribution in [2.24, 2.45) is 0 Å². The van der Waals surface area contributed by atoms with Gasteiger partial charge in [-0.15, -0.1) is 0 Å². The van der Waals surface area contributed by atoms with Crippen molar-refractivity contribution < 1.29 is 13.6 Å². The molecular weight excluding hydrogens is 367 g/mol. The Kier molecular flexibility index (Phi) is 9.64. The zero-order valence-electron chi connectivity index (χ0n) is 17.8. The second-order valence-electron chi connectivity index (χ2n) is 7.24. The van der Waals surface area contributed by atoms with Crippen LogP contribution in [0.4, 0.5) is 0 Å². The molecule has 2 rings (SSSR count). The van der Waals surface area contributed by atoms with E-state index in [9.17, 15) is 4.57 Å². The van der Waals surface area contributed by atoms with Gasteiger partial charge in [-0.25, -0.2) is 4.57 Å². The summed E-state index contributed by atoms with van der Waals surface area (Å²) in [5.74, 6) is 1.41. The van der Waals surface area contributed by atoms with Gasteiger partial charge in [0, 0.05) is 0 Å². The summed E-state index contributed by atoms with van der Waals surface area (Å²) in [7, 11) is -2.69. The molecular formula is C24H35O3P. The van der Waals surface area contributed by atoms with Crippen molar-refractivity contribution in [1.29, 1.82) is 0 Å². The first kappa shape index (κ1) is 22.6. The first-order valence-electron chi connectivity index (χ1n) is 10.8. The number of aryl methyl sites for hydroxylation is 2. The summed E-state index contributed by atoms with van der Waals surface area (Å²) in [5, 5.41) is 0. The summed E-state index contributed by atoms with van der Waals surface area (Å²) >= 11 is 0. The second-order valence-corrected chi connectivity index (χ2v) is 8.15. The third-order valence-electron chi connectivity index (χ3n) is 4.89. The van der Waals surface area contributed by atoms with Crippen molar-refractivity contribution in [1.82, 2.24) is 0 Å². The molecule has 0 aromatic heterocycles. The second kappa shape index (κ2) is 12.0. The van der Waals surface area contributed by atoms with Gasteiger partial charge in [0.1, 0.15) is 11.5 Å². The van der Waals surface area contributed by atoms with Crippen molar-refractivity contribution in [3.8, 4) is 11.5 Å². The molecule has 0 atom stereocenters. The van der Waals surface area contributed by atoms with Gasteiger partial charge < -0.3 is 9.05 Å². The van der Waals surface area contributed by atoms with Crippen molar-refractivity contribution in [2.75, 3.05) is 0 Å². The van der Waals surface area contributed by atoms with E-state index in [1.165, 1.54) is 22.3 Å². The number of benzene rings is 2. The lowest BCUT2D eigenvalue weighted by atomic mass is 9.99. The first-order chi connectivity index (χ1) is 13.6. The van der Waals surface area contributed by atoms with Crippen LogP contribution in [0.25, 0.3) is 0 Å². The predicted molar refractivity (Wildman–Crippen MR) is 119 cm³/mol. The van der Waals surface area contributed by atoms with Crippen LogP contribution in [0.3, 0.4) is 0 Å². The smallest absolute Gasteiger partial charge is 0.418 e. The topological polar surface area (TPSA) is 35.5 Å². The summed E-state index contributed by atoms with van der Waals surface area (Å²) in [6, 6.07) is 12.1. The molecule has 0 aliphatic heterocycles. The van der Waals surface area contributed by atoms with Crippen LogP contribution in [-0.4, -0.2) is 0 Å². The van der Waals surface area contributed by atoms with Crippen LogP contribution < -0.4 is 9.05 Å². The van der Waals surface area contributed by atoms with E-state index in [0.29, 0.717) is 11.5 Å². The molecule has 2 aromatic carbocycles. The molecule has 3 nitrogen and oxygen atoms in total. The molecule has 28 heavy (non-hydrogen) atoms. The molecule has 2 aromatic rings. The maximum atomic E-state index is 12.8. The Balaban J connectivity index is 2.23. The highest BCUT2D eigenvalue weighted by Gasteiger charge is 2.15. The SMILES string of the molecule is CCCc1cccc(O[PH](=O)Oc2cccc(CCC)c2CCC)c1CCC. The van der Waals surface area contributed by atoms with E-state index in [2.05, 4.69) is 39.8 Å². The third kappa shape index (κ3) is 6.14. The molecule has 0 aliphatic carbocycles. The Morgan fingerprint density at radius 2 is 1.04 bits per heavy atom. The number of hydrogen-bond acceptors (Lipinski definition) is 3. The van der Waals surface area contributed by atoms with E-state index in [1.807, 2.05) is 24.3 Å². The molecule has 0 spiro atoms. The van der Waals surface area contributed by atoms with Crippen molar-refractivity contribution in [3.63, 3.8) is 0 Å². The highest BCUT2D eigenvalue weighted by atomic mass is 31.1. The van der Waals surface area contributed by atoms with E-state index >= 15 is 0 Å². The van der Waals surface area contributed by atoms with Gasteiger partial charge >= 0.3 is 8.25 Å². The number of rotatable bonds is 12. The largest absolute Gasteiger partial charge is 0.418 e. The summed E-state index contributed by atoms with van der Waals surface area (Å²) in [4.78, 5) is 0. The van der Waals surface area contributed by atoms with Crippen molar-refractivity contribution in [3.05, 3.63) is 58.7 Å². The van der Waals surface area contributed by atoms with Crippen LogP contribution in [0.15, 0.2) is 36.4 Å². The maximum absolute atomic E-state index is 12.8. The lowest BCUT2D eigenvalue weighted by Crippen LogP contribution is -2.01. The monoisotopic (exact) mass is 402 g/mol. The van der Waals surface area contributed by atoms with E-state index in [4.69, 9.17) is 9.05 Å². The van der Waals surface area contributed by atoms with Gasteiger partial charge in [-0.2, -0.15) is 0 Å². The fraction of sp³-hybridized carbons (Fsp3) is 0.500. The Morgan fingerprint density at radius 3 is 1.39 bits per heavy atom. The van der Waals surface area contributed by atoms with Crippen LogP contribution in [0.2, 0.25) is 0 Å². The average molecular weight is 403 g/mol. The van der Waals surface area contributed by atoms with Gasteiger partial charge in [0.25, 0.3) is 0 Å². The van der Waals surface area contributed by atoms with Gasteiger partial charge in [0.05, 0.1) is 0 Å². The van der Waals surface area contributed by atoms with E-state index < -0.39 is 8.25 Å². The zero-order chi connectivity index (χ0) is 20.4. The van der Waals surface area contributed by atoms with E-state index in [-0.39, 0.29) is 0 Å². The fourth-order valence-corrected chi connectivity index (χ4v) is 4.47. The average Bonchev–Trinajstić information content (AvgIpc) is 2.67. The molecule has 0 N–H and O–H groups in total. The normalized spacial score (nSPS) is 11.0. The lowest BCUT2D eigenvalue weighted by Gasteiger charge is -2.17. The summed E-state index contributed by atoms with van der Waals surface area (Å²) < 4.78 is 24.5. The quantitative estimate of drug-likeness (QED) is 0.348. The molecule has 0 radical (unpaired) electrons. The van der Waals surface area contributed by atoms with Gasteiger partial charge in [-0.1, -0.05) is 77.6 Å². The molecule has 0 unspecified atom stereocenters. The fourth-order valence-electron chi connectivity index (χ4n) is 3.69. The lowest BCUT2D eigenvalue weighted by molar-refractivity contribution is 0.411. The van der Waals surface area contributed by atoms with Crippen LogP contribution in [0.5, 0.6) is 11.5 Å². The predicted octanol–water partition coefficient (Wildman–Crippen LogP) is 7.34. The Bertz CT molecular complexity index is 707. The first-order valence-corrected chi connectivity index (χ1v) is 12.0. The summed E-state index contributed by atoms with van der Waals surface area (Å²) in [6.45, 7) is 8.66. The van der Waals surface area contributed by atoms with Crippen molar-refractivity contribution in [2.45, 2.75) is 79.1 Å². The third-order valence-corrected chi connectivity index (χ3v) is 5.66. The number of hydrogen-bond donors (Lipinski definition) is 0. The standard InChI is InChI=1S/C24H35O3P/c1-5-11-19-15-9-17-23(21(19)13-7-3)26-28(25)27-24-18-10-16-20(12-6-2)22(24)14-8-4/h9-10,15-18,28H,5-8,11-14H2,1-4H3. The minimum Gasteiger partial charge on any atom is -0.418 e. The van der Waals surface area contributed by atoms with Crippen molar-refractivity contribution >= 4 is 8.25 Å². The minimum absolute atomic E-state index is 0.707. The summed E-state index contributed by atoms with van der Waals surface area (Å²) in [5.41, 5.74) is 4.91. The molecule has 0 heterocycles. The van der Waals surface area contributed by atoms with Crippen LogP contribution >= 0.6 is 8.25 Å². The Morgan fingerprint density at radius 1 is 0.643 bits per heavy atom. The zero-order valence-corrected chi connectivity index (χ0v) is 18.8. The highest BCUT2D eigenvalue weighted by molar-refractivity contribution is 7.34. The molecule has 0 fully saturated rings. The molecule has 0 saturated heterocycles.